The fourth-order valence-electron chi connectivity index (χ4n) is 1.25. The average molecular weight is 201 g/mol. The molecule has 72 valence electrons. The largest absolute Gasteiger partial charge is 0.495 e. The third-order valence-electron chi connectivity index (χ3n) is 1.86. The van der Waals surface area contributed by atoms with Crippen LogP contribution in [0.15, 0.2) is 18.2 Å². The maximum Gasteiger partial charge on any atom is 0.140 e. The second-order valence-electron chi connectivity index (χ2n) is 2.76. The number of para-hydroxylation sites is 1. The molecule has 0 fully saturated rings. The zero-order valence-electron chi connectivity index (χ0n) is 7.59. The van der Waals surface area contributed by atoms with Crippen molar-refractivity contribution in [1.29, 1.82) is 0 Å². The molecular formula is C10H13ClO2. The highest BCUT2D eigenvalue weighted by atomic mass is 35.5. The Morgan fingerprint density at radius 1 is 1.46 bits per heavy atom. The SMILES string of the molecule is COc1c(Cl)cccc1CCCO. The van der Waals surface area contributed by atoms with Crippen molar-refractivity contribution in [3.8, 4) is 5.75 Å². The third kappa shape index (κ3) is 2.61. The molecule has 0 bridgehead atoms. The molecule has 13 heavy (non-hydrogen) atoms. The molecule has 0 saturated heterocycles. The van der Waals surface area contributed by atoms with Gasteiger partial charge in [0.05, 0.1) is 12.1 Å². The Kier molecular flexibility index (Phi) is 4.06. The van der Waals surface area contributed by atoms with Gasteiger partial charge in [0.1, 0.15) is 5.75 Å². The molecule has 3 heteroatoms. The summed E-state index contributed by atoms with van der Waals surface area (Å²) in [6.45, 7) is 0.190. The number of aliphatic hydroxyl groups excluding tert-OH is 1. The lowest BCUT2D eigenvalue weighted by Gasteiger charge is -2.08. The van der Waals surface area contributed by atoms with Crippen LogP contribution in [0.1, 0.15) is 12.0 Å². The van der Waals surface area contributed by atoms with Gasteiger partial charge in [-0.2, -0.15) is 0 Å². The molecular weight excluding hydrogens is 188 g/mol. The van der Waals surface area contributed by atoms with Crippen molar-refractivity contribution < 1.29 is 9.84 Å². The first-order valence-electron chi connectivity index (χ1n) is 4.22. The summed E-state index contributed by atoms with van der Waals surface area (Å²) in [6, 6.07) is 5.64. The number of aliphatic hydroxyl groups is 1. The van der Waals surface area contributed by atoms with Crippen molar-refractivity contribution in [3.63, 3.8) is 0 Å². The van der Waals surface area contributed by atoms with Gasteiger partial charge in [-0.3, -0.25) is 0 Å². The van der Waals surface area contributed by atoms with Crippen LogP contribution in [0.3, 0.4) is 0 Å². The molecule has 0 heterocycles. The molecule has 0 radical (unpaired) electrons. The fourth-order valence-corrected chi connectivity index (χ4v) is 1.52. The average Bonchev–Trinajstić information content (AvgIpc) is 2.15. The standard InChI is InChI=1S/C10H13ClO2/c1-13-10-8(5-3-7-12)4-2-6-9(10)11/h2,4,6,12H,3,5,7H2,1H3. The summed E-state index contributed by atoms with van der Waals surface area (Å²) >= 11 is 5.92. The van der Waals surface area contributed by atoms with Crippen molar-refractivity contribution in [2.75, 3.05) is 13.7 Å². The molecule has 0 saturated carbocycles. The summed E-state index contributed by atoms with van der Waals surface area (Å²) in [5.41, 5.74) is 1.05. The summed E-state index contributed by atoms with van der Waals surface area (Å²) in [7, 11) is 1.60. The van der Waals surface area contributed by atoms with Crippen LogP contribution in [0.5, 0.6) is 5.75 Å². The number of aryl methyl sites for hydroxylation is 1. The van der Waals surface area contributed by atoms with E-state index in [1.807, 2.05) is 12.1 Å². The highest BCUT2D eigenvalue weighted by Crippen LogP contribution is 2.28. The minimum Gasteiger partial charge on any atom is -0.495 e. The smallest absolute Gasteiger partial charge is 0.140 e. The van der Waals surface area contributed by atoms with Gasteiger partial charge in [0.25, 0.3) is 0 Å². The van der Waals surface area contributed by atoms with Crippen molar-refractivity contribution in [2.45, 2.75) is 12.8 Å². The number of halogens is 1. The maximum atomic E-state index is 8.69. The van der Waals surface area contributed by atoms with Crippen molar-refractivity contribution in [2.24, 2.45) is 0 Å². The van der Waals surface area contributed by atoms with Crippen LogP contribution in [0, 0.1) is 0 Å². The van der Waals surface area contributed by atoms with Crippen LogP contribution in [0.2, 0.25) is 5.02 Å². The topological polar surface area (TPSA) is 29.5 Å². The molecule has 0 unspecified atom stereocenters. The van der Waals surface area contributed by atoms with E-state index >= 15 is 0 Å². The molecule has 1 N–H and O–H groups in total. The van der Waals surface area contributed by atoms with Crippen LogP contribution in [0.4, 0.5) is 0 Å². The van der Waals surface area contributed by atoms with Gasteiger partial charge in [-0.15, -0.1) is 0 Å². The molecule has 1 aromatic rings. The first kappa shape index (κ1) is 10.4. The Morgan fingerprint density at radius 3 is 2.85 bits per heavy atom. The predicted octanol–water partition coefficient (Wildman–Crippen LogP) is 2.27. The monoisotopic (exact) mass is 200 g/mol. The molecule has 0 aromatic heterocycles. The number of ether oxygens (including phenoxy) is 1. The van der Waals surface area contributed by atoms with Gasteiger partial charge in [0, 0.05) is 6.61 Å². The molecule has 0 aliphatic carbocycles. The maximum absolute atomic E-state index is 8.69. The minimum atomic E-state index is 0.190. The number of methoxy groups -OCH3 is 1. The van der Waals surface area contributed by atoms with E-state index in [1.165, 1.54) is 0 Å². The molecule has 1 aromatic carbocycles. The molecule has 0 spiro atoms. The van der Waals surface area contributed by atoms with Crippen LogP contribution in [-0.2, 0) is 6.42 Å². The number of hydrogen-bond donors (Lipinski definition) is 1. The van der Waals surface area contributed by atoms with E-state index in [1.54, 1.807) is 13.2 Å². The van der Waals surface area contributed by atoms with E-state index in [-0.39, 0.29) is 6.61 Å². The van der Waals surface area contributed by atoms with Gasteiger partial charge in [-0.25, -0.2) is 0 Å². The van der Waals surface area contributed by atoms with Crippen molar-refractivity contribution in [3.05, 3.63) is 28.8 Å². The van der Waals surface area contributed by atoms with E-state index < -0.39 is 0 Å². The minimum absolute atomic E-state index is 0.190. The van der Waals surface area contributed by atoms with E-state index in [9.17, 15) is 0 Å². The Bertz CT molecular complexity index is 274. The first-order valence-corrected chi connectivity index (χ1v) is 4.59. The first-order chi connectivity index (χ1) is 6.29. The molecule has 0 aliphatic heterocycles. The quantitative estimate of drug-likeness (QED) is 0.808. The second kappa shape index (κ2) is 5.10. The zero-order chi connectivity index (χ0) is 9.68. The van der Waals surface area contributed by atoms with Crippen LogP contribution >= 0.6 is 11.6 Å². The van der Waals surface area contributed by atoms with E-state index in [4.69, 9.17) is 21.4 Å². The zero-order valence-corrected chi connectivity index (χ0v) is 8.34. The van der Waals surface area contributed by atoms with Gasteiger partial charge < -0.3 is 9.84 Å². The summed E-state index contributed by atoms with van der Waals surface area (Å²) in [4.78, 5) is 0. The van der Waals surface area contributed by atoms with E-state index in [0.717, 1.165) is 24.2 Å². The van der Waals surface area contributed by atoms with Gasteiger partial charge in [0.2, 0.25) is 0 Å². The molecule has 2 nitrogen and oxygen atoms in total. The number of rotatable bonds is 4. The molecule has 0 aliphatic rings. The lowest BCUT2D eigenvalue weighted by atomic mass is 10.1. The number of benzene rings is 1. The van der Waals surface area contributed by atoms with E-state index in [2.05, 4.69) is 0 Å². The van der Waals surface area contributed by atoms with E-state index in [0.29, 0.717) is 5.02 Å². The second-order valence-corrected chi connectivity index (χ2v) is 3.17. The van der Waals surface area contributed by atoms with Gasteiger partial charge >= 0.3 is 0 Å². The summed E-state index contributed by atoms with van der Waals surface area (Å²) < 4.78 is 5.16. The van der Waals surface area contributed by atoms with Crippen LogP contribution in [-0.4, -0.2) is 18.8 Å². The normalized spacial score (nSPS) is 10.1. The predicted molar refractivity (Wildman–Crippen MR) is 53.4 cm³/mol. The third-order valence-corrected chi connectivity index (χ3v) is 2.15. The van der Waals surface area contributed by atoms with Gasteiger partial charge in [-0.1, -0.05) is 23.7 Å². The summed E-state index contributed by atoms with van der Waals surface area (Å²) in [5.74, 6) is 0.720. The van der Waals surface area contributed by atoms with Crippen LogP contribution < -0.4 is 4.74 Å². The van der Waals surface area contributed by atoms with Gasteiger partial charge in [-0.05, 0) is 24.5 Å². The lowest BCUT2D eigenvalue weighted by Crippen LogP contribution is -1.94. The van der Waals surface area contributed by atoms with Crippen LogP contribution in [0.25, 0.3) is 0 Å². The Balaban J connectivity index is 2.85. The van der Waals surface area contributed by atoms with Gasteiger partial charge in [0.15, 0.2) is 0 Å². The highest BCUT2D eigenvalue weighted by Gasteiger charge is 2.05. The highest BCUT2D eigenvalue weighted by molar-refractivity contribution is 6.32. The number of hydrogen-bond acceptors (Lipinski definition) is 2. The summed E-state index contributed by atoms with van der Waals surface area (Å²) in [5, 5.41) is 9.31. The fraction of sp³-hybridized carbons (Fsp3) is 0.400. The molecule has 0 amide bonds. The Morgan fingerprint density at radius 2 is 2.23 bits per heavy atom. The molecule has 0 atom stereocenters. The Labute approximate surface area is 83.1 Å². The molecule has 1 rings (SSSR count). The lowest BCUT2D eigenvalue weighted by molar-refractivity contribution is 0.287. The van der Waals surface area contributed by atoms with Crippen molar-refractivity contribution in [1.82, 2.24) is 0 Å². The van der Waals surface area contributed by atoms with Crippen molar-refractivity contribution >= 4 is 11.6 Å². The Hall–Kier alpha value is -0.730. The summed E-state index contributed by atoms with van der Waals surface area (Å²) in [6.07, 6.45) is 1.52.